The maximum absolute atomic E-state index is 12.4. The first-order chi connectivity index (χ1) is 11.4. The van der Waals surface area contributed by atoms with E-state index in [4.69, 9.17) is 9.47 Å². The zero-order valence-electron chi connectivity index (χ0n) is 14.7. The lowest BCUT2D eigenvalue weighted by Crippen LogP contribution is -2.12. The second-order valence-corrected chi connectivity index (χ2v) is 6.18. The van der Waals surface area contributed by atoms with Gasteiger partial charge in [-0.05, 0) is 24.8 Å². The van der Waals surface area contributed by atoms with Crippen molar-refractivity contribution in [2.45, 2.75) is 27.2 Å². The molecule has 2 aromatic rings. The Kier molecular flexibility index (Phi) is 5.44. The van der Waals surface area contributed by atoms with Crippen LogP contribution in [-0.4, -0.2) is 31.1 Å². The van der Waals surface area contributed by atoms with Crippen molar-refractivity contribution in [3.8, 4) is 11.3 Å². The van der Waals surface area contributed by atoms with E-state index in [9.17, 15) is 9.59 Å². The molecule has 1 aromatic heterocycles. The molecule has 0 aliphatic heterocycles. The number of benzene rings is 1. The van der Waals surface area contributed by atoms with Gasteiger partial charge in [0.1, 0.15) is 0 Å². The number of ether oxygens (including phenoxy) is 2. The van der Waals surface area contributed by atoms with Gasteiger partial charge in [0.2, 0.25) is 0 Å². The van der Waals surface area contributed by atoms with Crippen LogP contribution in [0.5, 0.6) is 0 Å². The first kappa shape index (κ1) is 17.8. The topological polar surface area (TPSA) is 68.4 Å². The summed E-state index contributed by atoms with van der Waals surface area (Å²) in [5.74, 6) is -0.790. The van der Waals surface area contributed by atoms with E-state index in [1.54, 1.807) is 0 Å². The molecule has 0 aliphatic carbocycles. The molecule has 1 N–H and O–H groups in total. The van der Waals surface area contributed by atoms with E-state index in [1.807, 2.05) is 45.0 Å². The second kappa shape index (κ2) is 7.34. The Balaban J connectivity index is 2.73. The molecule has 2 rings (SSSR count). The average molecular weight is 329 g/mol. The minimum atomic E-state index is -0.558. The summed E-state index contributed by atoms with van der Waals surface area (Å²) in [6.45, 7) is 6.08. The van der Waals surface area contributed by atoms with Crippen LogP contribution < -0.4 is 0 Å². The molecule has 0 radical (unpaired) electrons. The summed E-state index contributed by atoms with van der Waals surface area (Å²) < 4.78 is 9.80. The lowest BCUT2D eigenvalue weighted by Gasteiger charge is -2.07. The van der Waals surface area contributed by atoms with E-state index < -0.39 is 11.9 Å². The van der Waals surface area contributed by atoms with Gasteiger partial charge in [-0.3, -0.25) is 0 Å². The van der Waals surface area contributed by atoms with Gasteiger partial charge in [-0.2, -0.15) is 0 Å². The zero-order valence-corrected chi connectivity index (χ0v) is 14.7. The van der Waals surface area contributed by atoms with E-state index in [0.29, 0.717) is 23.7 Å². The van der Waals surface area contributed by atoms with E-state index in [2.05, 4.69) is 4.98 Å². The number of carbonyl (C=O) groups excluding carboxylic acids is 2. The van der Waals surface area contributed by atoms with Crippen molar-refractivity contribution in [1.29, 1.82) is 0 Å². The van der Waals surface area contributed by atoms with Crippen molar-refractivity contribution >= 4 is 11.9 Å². The third kappa shape index (κ3) is 3.50. The van der Waals surface area contributed by atoms with Gasteiger partial charge in [0.05, 0.1) is 31.0 Å². The van der Waals surface area contributed by atoms with Crippen LogP contribution in [-0.2, 0) is 15.9 Å². The fourth-order valence-corrected chi connectivity index (χ4v) is 2.68. The third-order valence-corrected chi connectivity index (χ3v) is 3.81. The highest BCUT2D eigenvalue weighted by atomic mass is 16.5. The number of aromatic amines is 1. The Morgan fingerprint density at radius 1 is 1.00 bits per heavy atom. The number of carbonyl (C=O) groups is 2. The molecular formula is C19H23NO4. The summed E-state index contributed by atoms with van der Waals surface area (Å²) in [7, 11) is 2.61. The van der Waals surface area contributed by atoms with Crippen LogP contribution in [0.4, 0.5) is 0 Å². The number of rotatable bonds is 5. The number of methoxy groups -OCH3 is 2. The fourth-order valence-electron chi connectivity index (χ4n) is 2.68. The number of aromatic nitrogens is 1. The molecule has 24 heavy (non-hydrogen) atoms. The molecule has 0 saturated carbocycles. The highest BCUT2D eigenvalue weighted by Crippen LogP contribution is 2.31. The van der Waals surface area contributed by atoms with Crippen LogP contribution in [0.3, 0.4) is 0 Å². The van der Waals surface area contributed by atoms with Gasteiger partial charge >= 0.3 is 11.9 Å². The summed E-state index contributed by atoms with van der Waals surface area (Å²) in [5, 5.41) is 0. The SMILES string of the molecule is COC(=O)c1c(CC(C)C)[nH]c(-c2ccc(C)cc2)c1C(=O)OC. The average Bonchev–Trinajstić information content (AvgIpc) is 2.92. The lowest BCUT2D eigenvalue weighted by molar-refractivity contribution is 0.0556. The summed E-state index contributed by atoms with van der Waals surface area (Å²) in [5.41, 5.74) is 3.69. The predicted octanol–water partition coefficient (Wildman–Crippen LogP) is 3.76. The fraction of sp³-hybridized carbons (Fsp3) is 0.368. The largest absolute Gasteiger partial charge is 0.465 e. The zero-order chi connectivity index (χ0) is 17.9. The van der Waals surface area contributed by atoms with E-state index >= 15 is 0 Å². The van der Waals surface area contributed by atoms with Crippen molar-refractivity contribution < 1.29 is 19.1 Å². The first-order valence-corrected chi connectivity index (χ1v) is 7.87. The van der Waals surface area contributed by atoms with Crippen molar-refractivity contribution in [2.24, 2.45) is 5.92 Å². The quantitative estimate of drug-likeness (QED) is 0.848. The Morgan fingerprint density at radius 2 is 1.54 bits per heavy atom. The van der Waals surface area contributed by atoms with Crippen molar-refractivity contribution in [1.82, 2.24) is 4.98 Å². The Labute approximate surface area is 142 Å². The summed E-state index contributed by atoms with van der Waals surface area (Å²) in [6, 6.07) is 7.73. The van der Waals surface area contributed by atoms with Crippen molar-refractivity contribution in [3.63, 3.8) is 0 Å². The van der Waals surface area contributed by atoms with Gasteiger partial charge in [0, 0.05) is 5.69 Å². The van der Waals surface area contributed by atoms with Crippen LogP contribution in [0, 0.1) is 12.8 Å². The molecule has 1 heterocycles. The molecule has 0 bridgehead atoms. The van der Waals surface area contributed by atoms with E-state index in [-0.39, 0.29) is 11.1 Å². The number of aryl methyl sites for hydroxylation is 1. The molecule has 0 atom stereocenters. The summed E-state index contributed by atoms with van der Waals surface area (Å²) >= 11 is 0. The Morgan fingerprint density at radius 3 is 2.04 bits per heavy atom. The van der Waals surface area contributed by atoms with Gasteiger partial charge in [-0.1, -0.05) is 43.7 Å². The molecule has 0 saturated heterocycles. The van der Waals surface area contributed by atoms with Crippen LogP contribution >= 0.6 is 0 Å². The standard InChI is InChI=1S/C19H23NO4/c1-11(2)10-14-15(18(21)23-4)16(19(22)24-5)17(20-14)13-8-6-12(3)7-9-13/h6-9,11,20H,10H2,1-5H3. The molecule has 0 spiro atoms. The summed E-state index contributed by atoms with van der Waals surface area (Å²) in [4.78, 5) is 27.9. The second-order valence-electron chi connectivity index (χ2n) is 6.18. The van der Waals surface area contributed by atoms with Crippen molar-refractivity contribution in [2.75, 3.05) is 14.2 Å². The third-order valence-electron chi connectivity index (χ3n) is 3.81. The Bertz CT molecular complexity index is 741. The number of hydrogen-bond acceptors (Lipinski definition) is 4. The predicted molar refractivity (Wildman–Crippen MR) is 92.2 cm³/mol. The van der Waals surface area contributed by atoms with E-state index in [0.717, 1.165) is 11.1 Å². The number of H-pyrrole nitrogens is 1. The van der Waals surface area contributed by atoms with Crippen molar-refractivity contribution in [3.05, 3.63) is 46.6 Å². The lowest BCUT2D eigenvalue weighted by atomic mass is 10.00. The van der Waals surface area contributed by atoms with E-state index in [1.165, 1.54) is 14.2 Å². The normalized spacial score (nSPS) is 10.8. The monoisotopic (exact) mass is 329 g/mol. The van der Waals surface area contributed by atoms with Gasteiger partial charge in [-0.15, -0.1) is 0 Å². The molecule has 128 valence electrons. The minimum Gasteiger partial charge on any atom is -0.465 e. The highest BCUT2D eigenvalue weighted by Gasteiger charge is 2.29. The Hall–Kier alpha value is -2.56. The molecule has 0 aliphatic rings. The molecule has 0 unspecified atom stereocenters. The maximum atomic E-state index is 12.4. The number of nitrogens with one attached hydrogen (secondary N) is 1. The molecule has 5 heteroatoms. The van der Waals surface area contributed by atoms with Crippen LogP contribution in [0.15, 0.2) is 24.3 Å². The number of hydrogen-bond donors (Lipinski definition) is 1. The summed E-state index contributed by atoms with van der Waals surface area (Å²) in [6.07, 6.45) is 0.625. The first-order valence-electron chi connectivity index (χ1n) is 7.87. The van der Waals surface area contributed by atoms with Gasteiger partial charge in [-0.25, -0.2) is 9.59 Å². The maximum Gasteiger partial charge on any atom is 0.340 e. The molecule has 0 amide bonds. The molecule has 5 nitrogen and oxygen atoms in total. The number of esters is 2. The minimum absolute atomic E-state index is 0.226. The highest BCUT2D eigenvalue weighted by molar-refractivity contribution is 6.08. The van der Waals surface area contributed by atoms with Crippen LogP contribution in [0.2, 0.25) is 0 Å². The molecule has 1 aromatic carbocycles. The van der Waals surface area contributed by atoms with Gasteiger partial charge in [0.15, 0.2) is 0 Å². The van der Waals surface area contributed by atoms with Gasteiger partial charge in [0.25, 0.3) is 0 Å². The molecular weight excluding hydrogens is 306 g/mol. The van der Waals surface area contributed by atoms with Gasteiger partial charge < -0.3 is 14.5 Å². The smallest absolute Gasteiger partial charge is 0.340 e. The molecule has 0 fully saturated rings. The van der Waals surface area contributed by atoms with Crippen LogP contribution in [0.1, 0.15) is 45.8 Å². The van der Waals surface area contributed by atoms with Crippen LogP contribution in [0.25, 0.3) is 11.3 Å².